The van der Waals surface area contributed by atoms with Crippen LogP contribution in [0.15, 0.2) is 15.0 Å². The van der Waals surface area contributed by atoms with Crippen LogP contribution in [0.2, 0.25) is 5.02 Å². The number of nitrogen functional groups attached to an aromatic ring is 1. The van der Waals surface area contributed by atoms with Gasteiger partial charge in [0.15, 0.2) is 0 Å². The van der Waals surface area contributed by atoms with Crippen LogP contribution in [0.25, 0.3) is 0 Å². The third-order valence-corrected chi connectivity index (χ3v) is 3.91. The molecule has 0 atom stereocenters. The van der Waals surface area contributed by atoms with Crippen LogP contribution >= 0.6 is 55.1 Å². The van der Waals surface area contributed by atoms with Crippen molar-refractivity contribution in [3.63, 3.8) is 0 Å². The van der Waals surface area contributed by atoms with E-state index in [9.17, 15) is 4.79 Å². The summed E-state index contributed by atoms with van der Waals surface area (Å²) in [5, 5.41) is -0.199. The zero-order valence-electron chi connectivity index (χ0n) is 6.07. The van der Waals surface area contributed by atoms with Crippen LogP contribution in [0.1, 0.15) is 10.4 Å². The van der Waals surface area contributed by atoms with Gasteiger partial charge >= 0.3 is 0 Å². The van der Waals surface area contributed by atoms with Gasteiger partial charge in [0.2, 0.25) is 0 Å². The minimum atomic E-state index is -0.615. The fourth-order valence-electron chi connectivity index (χ4n) is 0.772. The van der Waals surface area contributed by atoms with Gasteiger partial charge in [0, 0.05) is 4.47 Å². The molecule has 0 aliphatic rings. The molecule has 0 bridgehead atoms. The van der Waals surface area contributed by atoms with E-state index in [0.717, 1.165) is 0 Å². The second kappa shape index (κ2) is 4.17. The van der Waals surface area contributed by atoms with Gasteiger partial charge in [-0.3, -0.25) is 4.79 Å². The highest BCUT2D eigenvalue weighted by Crippen LogP contribution is 2.37. The van der Waals surface area contributed by atoms with Crippen LogP contribution in [0.5, 0.6) is 0 Å². The van der Waals surface area contributed by atoms with Crippen molar-refractivity contribution >= 4 is 66.0 Å². The Kier molecular flexibility index (Phi) is 3.63. The van der Waals surface area contributed by atoms with Gasteiger partial charge in [-0.2, -0.15) is 0 Å². The lowest BCUT2D eigenvalue weighted by atomic mass is 10.2. The minimum absolute atomic E-state index is 0.227. The monoisotopic (exact) mass is 345 g/mol. The topological polar surface area (TPSA) is 43.1 Å². The fraction of sp³-hybridized carbons (Fsp3) is 0. The highest BCUT2D eigenvalue weighted by molar-refractivity contribution is 9.11. The third-order valence-electron chi connectivity index (χ3n) is 1.41. The zero-order valence-corrected chi connectivity index (χ0v) is 10.8. The van der Waals surface area contributed by atoms with Gasteiger partial charge < -0.3 is 5.73 Å². The molecule has 6 heteroatoms. The van der Waals surface area contributed by atoms with Crippen LogP contribution < -0.4 is 5.73 Å². The van der Waals surface area contributed by atoms with E-state index in [-0.39, 0.29) is 11.3 Å². The van der Waals surface area contributed by atoms with Crippen LogP contribution in [0.4, 0.5) is 5.69 Å². The number of halogens is 4. The van der Waals surface area contributed by atoms with E-state index in [1.165, 1.54) is 6.07 Å². The molecule has 1 aromatic rings. The predicted molar refractivity (Wildman–Crippen MR) is 61.4 cm³/mol. The first-order valence-corrected chi connectivity index (χ1v) is 5.42. The largest absolute Gasteiger partial charge is 0.397 e. The molecule has 1 aromatic carbocycles. The summed E-state index contributed by atoms with van der Waals surface area (Å²) in [6, 6.07) is 1.48. The van der Waals surface area contributed by atoms with Gasteiger partial charge in [-0.05, 0) is 49.5 Å². The maximum absolute atomic E-state index is 10.9. The Morgan fingerprint density at radius 1 is 1.46 bits per heavy atom. The Labute approximate surface area is 102 Å². The van der Waals surface area contributed by atoms with E-state index in [4.69, 9.17) is 28.9 Å². The fourth-order valence-corrected chi connectivity index (χ4v) is 2.20. The molecule has 0 spiro atoms. The quantitative estimate of drug-likeness (QED) is 0.476. The van der Waals surface area contributed by atoms with Gasteiger partial charge in [-0.25, -0.2) is 0 Å². The van der Waals surface area contributed by atoms with E-state index in [1.807, 2.05) is 0 Å². The van der Waals surface area contributed by atoms with Crippen LogP contribution in [-0.2, 0) is 0 Å². The van der Waals surface area contributed by atoms with Gasteiger partial charge in [-0.15, -0.1) is 0 Å². The molecule has 2 nitrogen and oxygen atoms in total. The van der Waals surface area contributed by atoms with Gasteiger partial charge in [0.05, 0.1) is 20.7 Å². The third kappa shape index (κ3) is 2.18. The molecular weight excluding hydrogens is 345 g/mol. The first-order valence-electron chi connectivity index (χ1n) is 3.08. The van der Waals surface area contributed by atoms with E-state index >= 15 is 0 Å². The molecule has 0 unspecified atom stereocenters. The Balaban J connectivity index is 3.50. The van der Waals surface area contributed by atoms with Crippen molar-refractivity contribution in [3.05, 3.63) is 25.6 Å². The molecule has 0 radical (unpaired) electrons. The summed E-state index contributed by atoms with van der Waals surface area (Å²) in [6.45, 7) is 0. The first-order chi connectivity index (χ1) is 5.95. The lowest BCUT2D eigenvalue weighted by Gasteiger charge is -2.06. The Morgan fingerprint density at radius 2 is 2.00 bits per heavy atom. The standard InChI is InChI=1S/C7H3Br2Cl2NO/c8-3-1-2(7(11)13)6(12)4(9)5(3)10/h1H,12H2. The highest BCUT2D eigenvalue weighted by atomic mass is 79.9. The van der Waals surface area contributed by atoms with Gasteiger partial charge in [0.25, 0.3) is 5.24 Å². The smallest absolute Gasteiger partial charge is 0.254 e. The molecule has 0 fully saturated rings. The molecule has 70 valence electrons. The molecule has 0 aliphatic heterocycles. The number of nitrogens with two attached hydrogens (primary N) is 1. The van der Waals surface area contributed by atoms with Crippen molar-refractivity contribution in [3.8, 4) is 0 Å². The molecule has 0 amide bonds. The molecule has 2 N–H and O–H groups in total. The average molecular weight is 348 g/mol. The predicted octanol–water partition coefficient (Wildman–Crippen LogP) is 3.83. The van der Waals surface area contributed by atoms with E-state index < -0.39 is 5.24 Å². The van der Waals surface area contributed by atoms with Crippen LogP contribution in [0, 0.1) is 0 Å². The number of hydrogen-bond acceptors (Lipinski definition) is 2. The summed E-state index contributed by atoms with van der Waals surface area (Å²) in [7, 11) is 0. The number of rotatable bonds is 1. The van der Waals surface area contributed by atoms with Crippen molar-refractivity contribution in [2.45, 2.75) is 0 Å². The van der Waals surface area contributed by atoms with E-state index in [0.29, 0.717) is 14.0 Å². The second-order valence-corrected chi connectivity index (χ2v) is 4.59. The molecule has 0 saturated heterocycles. The van der Waals surface area contributed by atoms with Crippen molar-refractivity contribution in [2.24, 2.45) is 0 Å². The number of benzene rings is 1. The summed E-state index contributed by atoms with van der Waals surface area (Å²) in [5.74, 6) is 0. The normalized spacial score (nSPS) is 10.2. The lowest BCUT2D eigenvalue weighted by Crippen LogP contribution is -1.99. The maximum Gasteiger partial charge on any atom is 0.254 e. The van der Waals surface area contributed by atoms with Crippen LogP contribution in [-0.4, -0.2) is 5.24 Å². The molecule has 1 rings (SSSR count). The average Bonchev–Trinajstić information content (AvgIpc) is 2.07. The highest BCUT2D eigenvalue weighted by Gasteiger charge is 2.15. The van der Waals surface area contributed by atoms with E-state index in [1.54, 1.807) is 0 Å². The van der Waals surface area contributed by atoms with Crippen molar-refractivity contribution in [2.75, 3.05) is 5.73 Å². The lowest BCUT2D eigenvalue weighted by molar-refractivity contribution is 0.108. The second-order valence-electron chi connectivity index (χ2n) is 2.22. The Morgan fingerprint density at radius 3 is 2.46 bits per heavy atom. The zero-order chi connectivity index (χ0) is 10.2. The summed E-state index contributed by atoms with van der Waals surface area (Å²) in [6.07, 6.45) is 0. The molecule has 0 aliphatic carbocycles. The molecule has 0 heterocycles. The molecule has 0 aromatic heterocycles. The summed E-state index contributed by atoms with van der Waals surface area (Å²) >= 11 is 17.5. The maximum atomic E-state index is 10.9. The van der Waals surface area contributed by atoms with Crippen molar-refractivity contribution in [1.82, 2.24) is 0 Å². The van der Waals surface area contributed by atoms with Crippen LogP contribution in [0.3, 0.4) is 0 Å². The summed E-state index contributed by atoms with van der Waals surface area (Å²) in [5.41, 5.74) is 6.07. The number of anilines is 1. The SMILES string of the molecule is Nc1c(C(=O)Cl)cc(Br)c(Cl)c1Br. The number of carbonyl (C=O) groups excluding carboxylic acids is 1. The van der Waals surface area contributed by atoms with Gasteiger partial charge in [-0.1, -0.05) is 11.6 Å². The first kappa shape index (κ1) is 11.3. The Bertz CT molecular complexity index is 381. The van der Waals surface area contributed by atoms with Gasteiger partial charge in [0.1, 0.15) is 0 Å². The minimum Gasteiger partial charge on any atom is -0.397 e. The van der Waals surface area contributed by atoms with Crippen molar-refractivity contribution < 1.29 is 4.79 Å². The molecule has 13 heavy (non-hydrogen) atoms. The summed E-state index contributed by atoms with van der Waals surface area (Å²) < 4.78 is 1.03. The van der Waals surface area contributed by atoms with Crippen molar-refractivity contribution in [1.29, 1.82) is 0 Å². The Hall–Kier alpha value is 0.230. The molecule has 0 saturated carbocycles. The number of carbonyl (C=O) groups is 1. The molecular formula is C7H3Br2Cl2NO. The number of hydrogen-bond donors (Lipinski definition) is 1. The summed E-state index contributed by atoms with van der Waals surface area (Å²) in [4.78, 5) is 10.9. The van der Waals surface area contributed by atoms with E-state index in [2.05, 4.69) is 31.9 Å².